The fourth-order valence-electron chi connectivity index (χ4n) is 1.56. The number of hydrogen-bond acceptors (Lipinski definition) is 2. The van der Waals surface area contributed by atoms with Gasteiger partial charge >= 0.3 is 0 Å². The van der Waals surface area contributed by atoms with E-state index in [9.17, 15) is 9.18 Å². The van der Waals surface area contributed by atoms with Crippen molar-refractivity contribution in [3.8, 4) is 0 Å². The molecule has 2 aromatic rings. The highest BCUT2D eigenvalue weighted by atomic mass is 79.9. The third-order valence-electron chi connectivity index (χ3n) is 2.38. The summed E-state index contributed by atoms with van der Waals surface area (Å²) >= 11 is 3.06. The van der Waals surface area contributed by atoms with Crippen LogP contribution in [0.2, 0.25) is 0 Å². The van der Waals surface area contributed by atoms with Crippen LogP contribution in [0.3, 0.4) is 0 Å². The maximum Gasteiger partial charge on any atom is 0.170 e. The normalized spacial score (nSPS) is 10.5. The standard InChI is InChI=1S/C12H10BrFN2O/c1-16-7-8(6-15-16)5-11(17)9-3-2-4-10(13)12(9)14/h2-4,6-7H,5H2,1H3. The zero-order valence-corrected chi connectivity index (χ0v) is 10.7. The maximum atomic E-state index is 13.7. The Hall–Kier alpha value is -1.49. The first-order valence-corrected chi connectivity index (χ1v) is 5.82. The van der Waals surface area contributed by atoms with E-state index in [1.807, 2.05) is 0 Å². The predicted molar refractivity (Wildman–Crippen MR) is 65.3 cm³/mol. The van der Waals surface area contributed by atoms with Crippen LogP contribution in [-0.4, -0.2) is 15.6 Å². The minimum absolute atomic E-state index is 0.100. The van der Waals surface area contributed by atoms with E-state index >= 15 is 0 Å². The highest BCUT2D eigenvalue weighted by molar-refractivity contribution is 9.10. The van der Waals surface area contributed by atoms with E-state index in [1.165, 1.54) is 6.07 Å². The van der Waals surface area contributed by atoms with E-state index in [-0.39, 0.29) is 17.8 Å². The van der Waals surface area contributed by atoms with Gasteiger partial charge in [0.2, 0.25) is 0 Å². The smallest absolute Gasteiger partial charge is 0.170 e. The van der Waals surface area contributed by atoms with Crippen LogP contribution < -0.4 is 0 Å². The van der Waals surface area contributed by atoms with Crippen LogP contribution in [0.25, 0.3) is 0 Å². The van der Waals surface area contributed by atoms with Gasteiger partial charge in [-0.1, -0.05) is 6.07 Å². The van der Waals surface area contributed by atoms with E-state index in [0.29, 0.717) is 4.47 Å². The Morgan fingerprint density at radius 3 is 2.94 bits per heavy atom. The van der Waals surface area contributed by atoms with Gasteiger partial charge in [0.25, 0.3) is 0 Å². The number of rotatable bonds is 3. The van der Waals surface area contributed by atoms with E-state index in [1.54, 1.807) is 36.3 Å². The van der Waals surface area contributed by atoms with E-state index in [2.05, 4.69) is 21.0 Å². The van der Waals surface area contributed by atoms with Crippen LogP contribution in [0, 0.1) is 5.82 Å². The molecule has 0 aliphatic rings. The summed E-state index contributed by atoms with van der Waals surface area (Å²) in [7, 11) is 1.77. The zero-order chi connectivity index (χ0) is 12.4. The number of carbonyl (C=O) groups excluding carboxylic acids is 1. The van der Waals surface area contributed by atoms with Crippen molar-refractivity contribution in [1.82, 2.24) is 9.78 Å². The molecule has 0 fully saturated rings. The minimum Gasteiger partial charge on any atom is -0.294 e. The Morgan fingerprint density at radius 2 is 2.29 bits per heavy atom. The lowest BCUT2D eigenvalue weighted by molar-refractivity contribution is 0.0989. The molecule has 1 aromatic carbocycles. The molecule has 0 radical (unpaired) electrons. The van der Waals surface area contributed by atoms with Crippen molar-refractivity contribution in [3.05, 3.63) is 52.0 Å². The largest absolute Gasteiger partial charge is 0.294 e. The van der Waals surface area contributed by atoms with Crippen LogP contribution in [-0.2, 0) is 13.5 Å². The van der Waals surface area contributed by atoms with Crippen molar-refractivity contribution in [2.45, 2.75) is 6.42 Å². The highest BCUT2D eigenvalue weighted by Gasteiger charge is 2.14. The second-order valence-electron chi connectivity index (χ2n) is 3.72. The van der Waals surface area contributed by atoms with Crippen LogP contribution in [0.4, 0.5) is 4.39 Å². The van der Waals surface area contributed by atoms with Crippen molar-refractivity contribution in [2.24, 2.45) is 7.05 Å². The number of nitrogens with zero attached hydrogens (tertiary/aromatic N) is 2. The van der Waals surface area contributed by atoms with Crippen LogP contribution in [0.15, 0.2) is 35.1 Å². The number of aromatic nitrogens is 2. The molecule has 0 spiro atoms. The molecule has 88 valence electrons. The Morgan fingerprint density at radius 1 is 1.53 bits per heavy atom. The molecule has 0 bridgehead atoms. The second kappa shape index (κ2) is 4.79. The molecule has 0 saturated carbocycles. The Bertz CT molecular complexity index is 565. The van der Waals surface area contributed by atoms with Crippen molar-refractivity contribution in [2.75, 3.05) is 0 Å². The molecule has 0 unspecified atom stereocenters. The van der Waals surface area contributed by atoms with Crippen LogP contribution in [0.1, 0.15) is 15.9 Å². The zero-order valence-electron chi connectivity index (χ0n) is 9.15. The van der Waals surface area contributed by atoms with Crippen molar-refractivity contribution >= 4 is 21.7 Å². The van der Waals surface area contributed by atoms with Crippen LogP contribution in [0.5, 0.6) is 0 Å². The monoisotopic (exact) mass is 296 g/mol. The molecule has 3 nitrogen and oxygen atoms in total. The SMILES string of the molecule is Cn1cc(CC(=O)c2cccc(Br)c2F)cn1. The Balaban J connectivity index is 2.23. The number of Topliss-reactive ketones (excluding diaryl/α,β-unsaturated/α-hetero) is 1. The maximum absolute atomic E-state index is 13.7. The molecule has 17 heavy (non-hydrogen) atoms. The van der Waals surface area contributed by atoms with Gasteiger partial charge in [0.15, 0.2) is 5.78 Å². The van der Waals surface area contributed by atoms with Gasteiger partial charge in [0.05, 0.1) is 16.2 Å². The molecule has 0 atom stereocenters. The van der Waals surface area contributed by atoms with E-state index in [0.717, 1.165) is 5.56 Å². The molecule has 5 heteroatoms. The van der Waals surface area contributed by atoms with Gasteiger partial charge in [-0.15, -0.1) is 0 Å². The number of benzene rings is 1. The van der Waals surface area contributed by atoms with Crippen molar-refractivity contribution in [1.29, 1.82) is 0 Å². The fraction of sp³-hybridized carbons (Fsp3) is 0.167. The highest BCUT2D eigenvalue weighted by Crippen LogP contribution is 2.19. The lowest BCUT2D eigenvalue weighted by Crippen LogP contribution is -2.06. The van der Waals surface area contributed by atoms with Gasteiger partial charge < -0.3 is 0 Å². The quantitative estimate of drug-likeness (QED) is 0.817. The third kappa shape index (κ3) is 2.61. The molecule has 1 aromatic heterocycles. The van der Waals surface area contributed by atoms with Crippen LogP contribution >= 0.6 is 15.9 Å². The number of hydrogen-bond donors (Lipinski definition) is 0. The summed E-state index contributed by atoms with van der Waals surface area (Å²) in [6.45, 7) is 0. The van der Waals surface area contributed by atoms with Gasteiger partial charge in [0.1, 0.15) is 5.82 Å². The van der Waals surface area contributed by atoms with Crippen molar-refractivity contribution < 1.29 is 9.18 Å². The molecule has 0 N–H and O–H groups in total. The van der Waals surface area contributed by atoms with Gasteiger partial charge in [-0.3, -0.25) is 9.48 Å². The lowest BCUT2D eigenvalue weighted by atomic mass is 10.1. The molecular weight excluding hydrogens is 287 g/mol. The van der Waals surface area contributed by atoms with Crippen molar-refractivity contribution in [3.63, 3.8) is 0 Å². The van der Waals surface area contributed by atoms with E-state index in [4.69, 9.17) is 0 Å². The first-order valence-electron chi connectivity index (χ1n) is 5.02. The Kier molecular flexibility index (Phi) is 3.38. The molecule has 0 aliphatic heterocycles. The van der Waals surface area contributed by atoms with Gasteiger partial charge in [-0.25, -0.2) is 4.39 Å². The van der Waals surface area contributed by atoms with Gasteiger partial charge in [-0.05, 0) is 33.6 Å². The summed E-state index contributed by atoms with van der Waals surface area (Å²) in [5.74, 6) is -0.766. The number of halogens is 2. The third-order valence-corrected chi connectivity index (χ3v) is 2.99. The first kappa shape index (κ1) is 12.0. The topological polar surface area (TPSA) is 34.9 Å². The number of ketones is 1. The number of aryl methyl sites for hydroxylation is 1. The summed E-state index contributed by atoms with van der Waals surface area (Å²) in [6.07, 6.45) is 3.50. The lowest BCUT2D eigenvalue weighted by Gasteiger charge is -2.02. The molecule has 0 amide bonds. The van der Waals surface area contributed by atoms with Gasteiger partial charge in [0, 0.05) is 19.7 Å². The molecule has 0 saturated heterocycles. The minimum atomic E-state index is -0.513. The summed E-state index contributed by atoms with van der Waals surface area (Å²) in [4.78, 5) is 11.9. The average molecular weight is 297 g/mol. The summed E-state index contributed by atoms with van der Waals surface area (Å²) in [5, 5.41) is 3.96. The van der Waals surface area contributed by atoms with Gasteiger partial charge in [-0.2, -0.15) is 5.10 Å². The molecule has 2 rings (SSSR count). The molecule has 0 aliphatic carbocycles. The number of carbonyl (C=O) groups is 1. The summed E-state index contributed by atoms with van der Waals surface area (Å²) in [6, 6.07) is 4.69. The first-order chi connectivity index (χ1) is 8.08. The fourth-order valence-corrected chi connectivity index (χ4v) is 1.93. The average Bonchev–Trinajstić information content (AvgIpc) is 2.68. The van der Waals surface area contributed by atoms with E-state index < -0.39 is 5.82 Å². The summed E-state index contributed by atoms with van der Waals surface area (Å²) in [5.41, 5.74) is 0.875. The second-order valence-corrected chi connectivity index (χ2v) is 4.58. The molecular formula is C12H10BrFN2O. The molecule has 1 heterocycles. The predicted octanol–water partition coefficient (Wildman–Crippen LogP) is 2.75. The summed E-state index contributed by atoms with van der Waals surface area (Å²) < 4.78 is 15.6. The Labute approximate surface area is 106 Å².